The Kier molecular flexibility index (Phi) is 3.24. The van der Waals surface area contributed by atoms with E-state index in [2.05, 4.69) is 0 Å². The molecule has 2 aliphatic rings. The van der Waals surface area contributed by atoms with Gasteiger partial charge in [0.1, 0.15) is 0 Å². The van der Waals surface area contributed by atoms with Crippen molar-refractivity contribution in [2.24, 2.45) is 11.8 Å². The highest BCUT2D eigenvalue weighted by atomic mass is 14.4. The monoisotopic (exact) mass is 140 g/mol. The summed E-state index contributed by atoms with van der Waals surface area (Å²) in [4.78, 5) is 0. The lowest BCUT2D eigenvalue weighted by atomic mass is 9.67. The summed E-state index contributed by atoms with van der Waals surface area (Å²) in [5.41, 5.74) is 0. The summed E-state index contributed by atoms with van der Waals surface area (Å²) >= 11 is 0. The van der Waals surface area contributed by atoms with Crippen molar-refractivity contribution in [2.45, 2.75) is 52.4 Å². The summed E-state index contributed by atoms with van der Waals surface area (Å²) < 4.78 is 0. The zero-order chi connectivity index (χ0) is 7.40. The highest BCUT2D eigenvalue weighted by Crippen LogP contribution is 2.43. The van der Waals surface area contributed by atoms with Gasteiger partial charge in [0.25, 0.3) is 0 Å². The zero-order valence-corrected chi connectivity index (χ0v) is 7.40. The van der Waals surface area contributed by atoms with Crippen LogP contribution in [0.1, 0.15) is 52.4 Å². The van der Waals surface area contributed by atoms with E-state index in [0.717, 1.165) is 0 Å². The molecule has 0 aliphatic heterocycles. The van der Waals surface area contributed by atoms with Gasteiger partial charge in [-0.3, -0.25) is 0 Å². The van der Waals surface area contributed by atoms with Crippen molar-refractivity contribution in [1.82, 2.24) is 0 Å². The molecule has 0 bridgehead atoms. The van der Waals surface area contributed by atoms with Crippen molar-refractivity contribution >= 4 is 0 Å². The molecule has 10 heavy (non-hydrogen) atoms. The predicted octanol–water partition coefficient (Wildman–Crippen LogP) is 3.61. The van der Waals surface area contributed by atoms with Gasteiger partial charge in [-0.05, 0) is 11.8 Å². The molecule has 0 aromatic heterocycles. The maximum atomic E-state index is 2.00. The third kappa shape index (κ3) is 1.53. The van der Waals surface area contributed by atoms with Gasteiger partial charge < -0.3 is 0 Å². The molecule has 0 nitrogen and oxygen atoms in total. The van der Waals surface area contributed by atoms with Gasteiger partial charge in [-0.2, -0.15) is 0 Å². The van der Waals surface area contributed by atoms with Gasteiger partial charge in [-0.15, -0.1) is 0 Å². The summed E-state index contributed by atoms with van der Waals surface area (Å²) in [6, 6.07) is 0. The molecule has 0 aromatic rings. The van der Waals surface area contributed by atoms with Gasteiger partial charge >= 0.3 is 0 Å². The van der Waals surface area contributed by atoms with Crippen LogP contribution in [0, 0.1) is 11.8 Å². The van der Waals surface area contributed by atoms with Gasteiger partial charge in [0.2, 0.25) is 0 Å². The molecule has 2 rings (SSSR count). The number of hydrogen-bond donors (Lipinski definition) is 0. The van der Waals surface area contributed by atoms with E-state index < -0.39 is 0 Å². The van der Waals surface area contributed by atoms with Crippen LogP contribution >= 0.6 is 0 Å². The Morgan fingerprint density at radius 3 is 1.10 bits per heavy atom. The van der Waals surface area contributed by atoms with Crippen LogP contribution in [0.4, 0.5) is 0 Å². The quantitative estimate of drug-likeness (QED) is 0.522. The summed E-state index contributed by atoms with van der Waals surface area (Å²) in [6.45, 7) is 4.00. The highest BCUT2D eigenvalue weighted by Gasteiger charge is 2.30. The Morgan fingerprint density at radius 1 is 0.700 bits per heavy atom. The van der Waals surface area contributed by atoms with Crippen LogP contribution in [0.25, 0.3) is 0 Å². The Balaban J connectivity index is 0.000000231. The summed E-state index contributed by atoms with van der Waals surface area (Å²) in [5.74, 6) is 2.37. The molecule has 0 spiro atoms. The molecule has 0 saturated heterocycles. The Morgan fingerprint density at radius 2 is 1.00 bits per heavy atom. The molecule has 0 aromatic carbocycles. The van der Waals surface area contributed by atoms with Crippen LogP contribution in [0.5, 0.6) is 0 Å². The Labute approximate surface area is 65.0 Å². The average molecular weight is 140 g/mol. The maximum Gasteiger partial charge on any atom is -0.0386 e. The molecule has 0 N–H and O–H groups in total. The van der Waals surface area contributed by atoms with Crippen molar-refractivity contribution < 1.29 is 0 Å². The second-order valence-corrected chi connectivity index (χ2v) is 3.38. The Bertz CT molecular complexity index is 66.0. The van der Waals surface area contributed by atoms with Crippen LogP contribution in [0.2, 0.25) is 0 Å². The zero-order valence-electron chi connectivity index (χ0n) is 7.40. The first-order chi connectivity index (χ1) is 4.97. The van der Waals surface area contributed by atoms with Crippen molar-refractivity contribution in [3.05, 3.63) is 0 Å². The van der Waals surface area contributed by atoms with Crippen molar-refractivity contribution in [2.75, 3.05) is 0 Å². The lowest BCUT2D eigenvalue weighted by Crippen LogP contribution is -2.26. The normalized spacial score (nSPS) is 25.8. The van der Waals surface area contributed by atoms with Gasteiger partial charge in [0.05, 0.1) is 0 Å². The third-order valence-electron chi connectivity index (χ3n) is 2.97. The number of hydrogen-bond acceptors (Lipinski definition) is 0. The molecule has 0 atom stereocenters. The fourth-order valence-electron chi connectivity index (χ4n) is 1.82. The van der Waals surface area contributed by atoms with Crippen molar-refractivity contribution in [3.8, 4) is 0 Å². The van der Waals surface area contributed by atoms with Crippen LogP contribution in [0.15, 0.2) is 0 Å². The van der Waals surface area contributed by atoms with E-state index in [1.165, 1.54) is 24.7 Å². The largest absolute Gasteiger partial charge is 0.0683 e. The molecular weight excluding hydrogens is 120 g/mol. The second-order valence-electron chi connectivity index (χ2n) is 3.38. The molecule has 0 radical (unpaired) electrons. The smallest absolute Gasteiger partial charge is 0.0386 e. The first-order valence-corrected chi connectivity index (χ1v) is 4.97. The van der Waals surface area contributed by atoms with E-state index in [1.807, 2.05) is 13.8 Å². The Hall–Kier alpha value is 0. The topological polar surface area (TPSA) is 0 Å². The van der Waals surface area contributed by atoms with Crippen molar-refractivity contribution in [1.29, 1.82) is 0 Å². The van der Waals surface area contributed by atoms with Crippen LogP contribution < -0.4 is 0 Å². The second kappa shape index (κ2) is 4.00. The molecule has 2 aliphatic carbocycles. The van der Waals surface area contributed by atoms with E-state index in [1.54, 1.807) is 25.7 Å². The summed E-state index contributed by atoms with van der Waals surface area (Å²) in [7, 11) is 0. The third-order valence-corrected chi connectivity index (χ3v) is 2.97. The lowest BCUT2D eigenvalue weighted by Gasteiger charge is -2.39. The van der Waals surface area contributed by atoms with E-state index in [9.17, 15) is 0 Å². The maximum absolute atomic E-state index is 2.00. The van der Waals surface area contributed by atoms with E-state index in [0.29, 0.717) is 0 Å². The fourth-order valence-corrected chi connectivity index (χ4v) is 1.82. The molecular formula is C10H20. The minimum Gasteiger partial charge on any atom is -0.0683 e. The summed E-state index contributed by atoms with van der Waals surface area (Å²) in [5, 5.41) is 0. The van der Waals surface area contributed by atoms with E-state index in [-0.39, 0.29) is 0 Å². The minimum atomic E-state index is 1.18. The predicted molar refractivity (Wildman–Crippen MR) is 46.0 cm³/mol. The standard InChI is InChI=1S/C8H14.C2H6/c1-3-7(4-1)8-5-2-6-8;1-2/h7-8H,1-6H2;1-2H3. The van der Waals surface area contributed by atoms with Gasteiger partial charge in [0, 0.05) is 0 Å². The van der Waals surface area contributed by atoms with Crippen molar-refractivity contribution in [3.63, 3.8) is 0 Å². The van der Waals surface area contributed by atoms with E-state index >= 15 is 0 Å². The van der Waals surface area contributed by atoms with Gasteiger partial charge in [-0.1, -0.05) is 52.4 Å². The molecule has 0 unspecified atom stereocenters. The minimum absolute atomic E-state index is 1.18. The molecule has 0 heterocycles. The van der Waals surface area contributed by atoms with Crippen LogP contribution in [-0.4, -0.2) is 0 Å². The summed E-state index contributed by atoms with van der Waals surface area (Å²) in [6.07, 6.45) is 9.30. The first kappa shape index (κ1) is 8.10. The van der Waals surface area contributed by atoms with E-state index in [4.69, 9.17) is 0 Å². The highest BCUT2D eigenvalue weighted by molar-refractivity contribution is 4.82. The van der Waals surface area contributed by atoms with Gasteiger partial charge in [-0.25, -0.2) is 0 Å². The molecule has 2 saturated carbocycles. The first-order valence-electron chi connectivity index (χ1n) is 4.97. The average Bonchev–Trinajstić information content (AvgIpc) is 1.79. The lowest BCUT2D eigenvalue weighted by molar-refractivity contribution is 0.129. The van der Waals surface area contributed by atoms with Crippen LogP contribution in [0.3, 0.4) is 0 Å². The van der Waals surface area contributed by atoms with Gasteiger partial charge in [0.15, 0.2) is 0 Å². The molecule has 2 fully saturated rings. The molecule has 0 heteroatoms. The van der Waals surface area contributed by atoms with Crippen LogP contribution in [-0.2, 0) is 0 Å². The fraction of sp³-hybridized carbons (Fsp3) is 1.00. The molecule has 60 valence electrons. The number of rotatable bonds is 1. The SMILES string of the molecule is C1CC(C2CCC2)C1.CC. The molecule has 0 amide bonds.